The third-order valence-electron chi connectivity index (χ3n) is 8.04. The summed E-state index contributed by atoms with van der Waals surface area (Å²) in [6, 6.07) is 1.75. The molecule has 0 spiro atoms. The summed E-state index contributed by atoms with van der Waals surface area (Å²) in [5.41, 5.74) is 2.72. The molecule has 1 aromatic rings. The van der Waals surface area contributed by atoms with Gasteiger partial charge in [-0.2, -0.15) is 0 Å². The number of anilines is 1. The van der Waals surface area contributed by atoms with Crippen molar-refractivity contribution in [2.75, 3.05) is 25.5 Å². The number of nitrogens with zero attached hydrogens (tertiary/aromatic N) is 1. The number of carbonyl (C=O) groups is 4. The minimum absolute atomic E-state index is 0.0206. The summed E-state index contributed by atoms with van der Waals surface area (Å²) in [5, 5.41) is 47.8. The molecule has 0 unspecified atom stereocenters. The van der Waals surface area contributed by atoms with Gasteiger partial charge in [-0.3, -0.25) is 19.2 Å². The fourth-order valence-electron chi connectivity index (χ4n) is 5.83. The Hall–Kier alpha value is -3.70. The molecule has 0 aromatic heterocycles. The predicted octanol–water partition coefficient (Wildman–Crippen LogP) is 1.19. The molecule has 0 bridgehead atoms. The SMILES string of the molecule is CN(C)c1cc(CNCC(=O)C(C)(C)C)c(O)c2c1C[C@H]1C[C@H]3CC(=O)C(C(N)=O)=C(O)[C@@]3(O)C(=O)C1=C2O. The van der Waals surface area contributed by atoms with Crippen LogP contribution in [0, 0.1) is 17.3 Å². The number of aromatic hydroxyl groups is 1. The standard InChI is InChI=1S/C28H35N3O8/c1-27(2,3)18(33)11-30-10-13-8-16(31(4)5)15-7-12-6-14-9-17(32)21(26(29)38)25(37)28(14,39)24(36)19(12)23(35)20(15)22(13)34/h8,12,14,30,34-35,37,39H,6-7,9-11H2,1-5H3,(H2,29,38)/t12-,14+,28+/m1/s1. The van der Waals surface area contributed by atoms with Gasteiger partial charge in [-0.25, -0.2) is 0 Å². The number of hydrogen-bond acceptors (Lipinski definition) is 10. The van der Waals surface area contributed by atoms with Crippen molar-refractivity contribution in [2.45, 2.75) is 52.2 Å². The number of benzene rings is 1. The number of nitrogens with two attached hydrogens (primary N) is 1. The van der Waals surface area contributed by atoms with Gasteiger partial charge in [0.05, 0.1) is 12.1 Å². The number of phenols is 1. The zero-order valence-corrected chi connectivity index (χ0v) is 22.7. The van der Waals surface area contributed by atoms with E-state index < -0.39 is 57.4 Å². The third kappa shape index (κ3) is 4.39. The van der Waals surface area contributed by atoms with Crippen molar-refractivity contribution in [3.05, 3.63) is 39.7 Å². The first-order chi connectivity index (χ1) is 18.0. The lowest BCUT2D eigenvalue weighted by Crippen LogP contribution is -2.58. The summed E-state index contributed by atoms with van der Waals surface area (Å²) in [7, 11) is 3.59. The van der Waals surface area contributed by atoms with E-state index >= 15 is 0 Å². The number of aliphatic hydroxyl groups excluding tert-OH is 2. The van der Waals surface area contributed by atoms with Crippen LogP contribution in [0.25, 0.3) is 5.76 Å². The molecular weight excluding hydrogens is 506 g/mol. The van der Waals surface area contributed by atoms with Crippen LogP contribution in [0.15, 0.2) is 23.0 Å². The van der Waals surface area contributed by atoms with E-state index in [-0.39, 0.29) is 55.0 Å². The number of hydrogen-bond donors (Lipinski definition) is 6. The van der Waals surface area contributed by atoms with Crippen LogP contribution in [0.5, 0.6) is 5.75 Å². The number of nitrogens with one attached hydrogen (secondary N) is 1. The van der Waals surface area contributed by atoms with Crippen LogP contribution in [0.1, 0.15) is 50.3 Å². The van der Waals surface area contributed by atoms with Gasteiger partial charge in [0.1, 0.15) is 22.8 Å². The molecule has 1 saturated carbocycles. The molecule has 11 heteroatoms. The summed E-state index contributed by atoms with van der Waals surface area (Å²) < 4.78 is 0. The summed E-state index contributed by atoms with van der Waals surface area (Å²) >= 11 is 0. The molecule has 0 radical (unpaired) electrons. The van der Waals surface area contributed by atoms with Crippen molar-refractivity contribution in [2.24, 2.45) is 23.0 Å². The second-order valence-corrected chi connectivity index (χ2v) is 11.8. The van der Waals surface area contributed by atoms with Crippen molar-refractivity contribution in [1.82, 2.24) is 5.32 Å². The van der Waals surface area contributed by atoms with Gasteiger partial charge in [0.2, 0.25) is 5.78 Å². The molecular formula is C28H35N3O8. The molecule has 0 aliphatic heterocycles. The zero-order chi connectivity index (χ0) is 29.2. The maximum atomic E-state index is 13.7. The van der Waals surface area contributed by atoms with Crippen molar-refractivity contribution in [3.63, 3.8) is 0 Å². The van der Waals surface area contributed by atoms with E-state index in [0.29, 0.717) is 16.8 Å². The lowest BCUT2D eigenvalue weighted by Gasteiger charge is -2.46. The van der Waals surface area contributed by atoms with Crippen LogP contribution in [-0.4, -0.2) is 69.9 Å². The number of ketones is 3. The number of phenolic OH excluding ortho intramolecular Hbond substituents is 1. The highest BCUT2D eigenvalue weighted by molar-refractivity contribution is 6.22. The highest BCUT2D eigenvalue weighted by Crippen LogP contribution is 2.53. The Morgan fingerprint density at radius 3 is 2.36 bits per heavy atom. The van der Waals surface area contributed by atoms with Gasteiger partial charge < -0.3 is 36.4 Å². The monoisotopic (exact) mass is 541 g/mol. The Balaban J connectivity index is 1.82. The highest BCUT2D eigenvalue weighted by Gasteiger charge is 2.60. The molecule has 210 valence electrons. The fraction of sp³-hybridized carbons (Fsp3) is 0.500. The lowest BCUT2D eigenvalue weighted by atomic mass is 9.59. The topological polar surface area (TPSA) is 190 Å². The van der Waals surface area contributed by atoms with Gasteiger partial charge in [0.25, 0.3) is 5.91 Å². The van der Waals surface area contributed by atoms with Crippen LogP contribution < -0.4 is 16.0 Å². The Morgan fingerprint density at radius 2 is 1.79 bits per heavy atom. The van der Waals surface area contributed by atoms with Gasteiger partial charge in [-0.05, 0) is 30.4 Å². The molecule has 1 fully saturated rings. The van der Waals surface area contributed by atoms with Crippen LogP contribution in [0.2, 0.25) is 0 Å². The molecule has 3 aliphatic carbocycles. The van der Waals surface area contributed by atoms with E-state index in [0.717, 1.165) is 0 Å². The first-order valence-electron chi connectivity index (χ1n) is 12.8. The quantitative estimate of drug-likeness (QED) is 0.285. The maximum absolute atomic E-state index is 13.7. The smallest absolute Gasteiger partial charge is 0.255 e. The van der Waals surface area contributed by atoms with E-state index in [9.17, 15) is 39.6 Å². The maximum Gasteiger partial charge on any atom is 0.255 e. The Labute approximate surface area is 226 Å². The molecule has 7 N–H and O–H groups in total. The van der Waals surface area contributed by atoms with Crippen LogP contribution in [0.4, 0.5) is 5.69 Å². The molecule has 39 heavy (non-hydrogen) atoms. The van der Waals surface area contributed by atoms with E-state index in [2.05, 4.69) is 5.32 Å². The number of rotatable bonds is 6. The third-order valence-corrected chi connectivity index (χ3v) is 8.04. The molecule has 3 aliphatic rings. The van der Waals surface area contributed by atoms with E-state index in [1.807, 2.05) is 0 Å². The molecule has 0 saturated heterocycles. The zero-order valence-electron chi connectivity index (χ0n) is 22.7. The molecule has 4 rings (SSSR count). The van der Waals surface area contributed by atoms with E-state index in [1.165, 1.54) is 0 Å². The van der Waals surface area contributed by atoms with Gasteiger partial charge in [-0.15, -0.1) is 0 Å². The van der Waals surface area contributed by atoms with Gasteiger partial charge in [0.15, 0.2) is 17.2 Å². The molecule has 0 heterocycles. The minimum atomic E-state index is -2.61. The summed E-state index contributed by atoms with van der Waals surface area (Å²) in [4.78, 5) is 52.2. The predicted molar refractivity (Wildman–Crippen MR) is 142 cm³/mol. The minimum Gasteiger partial charge on any atom is -0.508 e. The van der Waals surface area contributed by atoms with Crippen LogP contribution in [-0.2, 0) is 32.1 Å². The normalized spacial score (nSPS) is 24.8. The van der Waals surface area contributed by atoms with Crippen molar-refractivity contribution in [3.8, 4) is 5.75 Å². The van der Waals surface area contributed by atoms with Crippen LogP contribution >= 0.6 is 0 Å². The molecule has 1 amide bonds. The highest BCUT2D eigenvalue weighted by atomic mass is 16.3. The number of aliphatic hydroxyl groups is 3. The Morgan fingerprint density at radius 1 is 1.15 bits per heavy atom. The van der Waals surface area contributed by atoms with Gasteiger partial charge in [-0.1, -0.05) is 20.8 Å². The number of Topliss-reactive ketones (excluding diaryl/α,β-unsaturated/α-hetero) is 3. The molecule has 3 atom stereocenters. The van der Waals surface area contributed by atoms with Crippen molar-refractivity contribution < 1.29 is 39.6 Å². The second kappa shape index (κ2) is 9.49. The lowest BCUT2D eigenvalue weighted by molar-refractivity contribution is -0.147. The number of amides is 1. The Bertz CT molecular complexity index is 1370. The largest absolute Gasteiger partial charge is 0.508 e. The van der Waals surface area contributed by atoms with Crippen molar-refractivity contribution in [1.29, 1.82) is 0 Å². The van der Waals surface area contributed by atoms with E-state index in [4.69, 9.17) is 5.73 Å². The number of carbonyl (C=O) groups excluding carboxylic acids is 4. The number of primary amides is 1. The van der Waals surface area contributed by atoms with Crippen molar-refractivity contribution >= 4 is 34.7 Å². The van der Waals surface area contributed by atoms with Gasteiger partial charge in [0, 0.05) is 55.2 Å². The first kappa shape index (κ1) is 28.3. The summed E-state index contributed by atoms with van der Waals surface area (Å²) in [6.45, 7) is 5.57. The second-order valence-electron chi connectivity index (χ2n) is 11.8. The molecule has 1 aromatic carbocycles. The average Bonchev–Trinajstić information content (AvgIpc) is 2.81. The number of fused-ring (bicyclic) bond motifs is 3. The van der Waals surface area contributed by atoms with Crippen LogP contribution in [0.3, 0.4) is 0 Å². The van der Waals surface area contributed by atoms with E-state index in [1.54, 1.807) is 45.8 Å². The van der Waals surface area contributed by atoms with Gasteiger partial charge >= 0.3 is 0 Å². The average molecular weight is 542 g/mol. The first-order valence-corrected chi connectivity index (χ1v) is 12.8. The summed E-state index contributed by atoms with van der Waals surface area (Å²) in [5.74, 6) is -6.66. The molecule has 11 nitrogen and oxygen atoms in total. The Kier molecular flexibility index (Phi) is 6.89. The fourth-order valence-corrected chi connectivity index (χ4v) is 5.83. The summed E-state index contributed by atoms with van der Waals surface area (Å²) in [6.07, 6.45) is -0.0912.